The van der Waals surface area contributed by atoms with Gasteiger partial charge in [0.1, 0.15) is 0 Å². The van der Waals surface area contributed by atoms with Crippen LogP contribution in [0.15, 0.2) is 42.5 Å². The maximum Gasteiger partial charge on any atom is 0.257 e. The van der Waals surface area contributed by atoms with Gasteiger partial charge in [-0.05, 0) is 37.2 Å². The Hall–Kier alpha value is -3.59. The molecule has 9 nitrogen and oxygen atoms in total. The highest BCUT2D eigenvalue weighted by molar-refractivity contribution is 6.10. The zero-order valence-electron chi connectivity index (χ0n) is 18.5. The highest BCUT2D eigenvalue weighted by Crippen LogP contribution is 2.34. The van der Waals surface area contributed by atoms with E-state index in [-0.39, 0.29) is 37.6 Å². The number of anilines is 2. The lowest BCUT2D eigenvalue weighted by molar-refractivity contribution is -0.130. The van der Waals surface area contributed by atoms with Gasteiger partial charge in [-0.1, -0.05) is 19.1 Å². The van der Waals surface area contributed by atoms with Crippen molar-refractivity contribution >= 4 is 29.1 Å². The molecule has 0 aliphatic carbocycles. The third-order valence-corrected chi connectivity index (χ3v) is 4.84. The molecule has 0 spiro atoms. The number of hydrogen-bond acceptors (Lipinski definition) is 6. The number of nitrogens with zero attached hydrogens (tertiary/aromatic N) is 2. The smallest absolute Gasteiger partial charge is 0.257 e. The van der Waals surface area contributed by atoms with E-state index in [1.165, 1.54) is 4.90 Å². The molecule has 9 heteroatoms. The number of rotatable bonds is 9. The minimum atomic E-state index is -0.368. The summed E-state index contributed by atoms with van der Waals surface area (Å²) in [5.74, 6) is 0.448. The first-order chi connectivity index (χ1) is 15.4. The van der Waals surface area contributed by atoms with Crippen molar-refractivity contribution in [3.05, 3.63) is 48.0 Å². The second kappa shape index (κ2) is 10.6. The minimum Gasteiger partial charge on any atom is -0.454 e. The van der Waals surface area contributed by atoms with E-state index in [0.29, 0.717) is 35.0 Å². The van der Waals surface area contributed by atoms with Crippen LogP contribution in [-0.4, -0.2) is 68.0 Å². The van der Waals surface area contributed by atoms with Crippen LogP contribution in [0.4, 0.5) is 11.4 Å². The summed E-state index contributed by atoms with van der Waals surface area (Å²) in [4.78, 5) is 40.9. The molecule has 1 aliphatic rings. The summed E-state index contributed by atoms with van der Waals surface area (Å²) >= 11 is 0. The fraction of sp³-hybridized carbons (Fsp3) is 0.348. The SMILES string of the molecule is CCCN(CC(=O)Nc1ccccc1C(=O)Nc1ccc2c(c1)OCO2)CC(=O)N(C)C. The Morgan fingerprint density at radius 3 is 2.47 bits per heavy atom. The molecule has 0 radical (unpaired) electrons. The Morgan fingerprint density at radius 1 is 0.969 bits per heavy atom. The van der Waals surface area contributed by atoms with Crippen LogP contribution in [0.5, 0.6) is 11.5 Å². The van der Waals surface area contributed by atoms with Gasteiger partial charge in [0.2, 0.25) is 18.6 Å². The van der Waals surface area contributed by atoms with Crippen molar-refractivity contribution in [2.45, 2.75) is 13.3 Å². The zero-order chi connectivity index (χ0) is 23.1. The molecule has 32 heavy (non-hydrogen) atoms. The third kappa shape index (κ3) is 5.98. The minimum absolute atomic E-state index is 0.0472. The van der Waals surface area contributed by atoms with E-state index < -0.39 is 0 Å². The lowest BCUT2D eigenvalue weighted by Gasteiger charge is -2.22. The standard InChI is InChI=1S/C23H28N4O5/c1-4-11-27(14-22(29)26(2)3)13-21(28)25-18-8-6-5-7-17(18)23(30)24-16-9-10-19-20(12-16)32-15-31-19/h5-10,12H,4,11,13-15H2,1-3H3,(H,24,30)(H,25,28). The Kier molecular flexibility index (Phi) is 7.67. The first-order valence-corrected chi connectivity index (χ1v) is 10.4. The average molecular weight is 441 g/mol. The van der Waals surface area contributed by atoms with Gasteiger partial charge in [-0.2, -0.15) is 0 Å². The van der Waals surface area contributed by atoms with Crippen LogP contribution in [0.2, 0.25) is 0 Å². The fourth-order valence-electron chi connectivity index (χ4n) is 3.22. The van der Waals surface area contributed by atoms with Gasteiger partial charge in [-0.25, -0.2) is 0 Å². The van der Waals surface area contributed by atoms with Crippen molar-refractivity contribution in [1.82, 2.24) is 9.80 Å². The van der Waals surface area contributed by atoms with Gasteiger partial charge < -0.3 is 25.0 Å². The maximum absolute atomic E-state index is 12.9. The molecule has 0 bridgehead atoms. The van der Waals surface area contributed by atoms with Gasteiger partial charge in [0.05, 0.1) is 24.3 Å². The summed E-state index contributed by atoms with van der Waals surface area (Å²) in [5.41, 5.74) is 1.27. The first-order valence-electron chi connectivity index (χ1n) is 10.4. The molecule has 3 amide bonds. The number of hydrogen-bond donors (Lipinski definition) is 2. The van der Waals surface area contributed by atoms with Crippen molar-refractivity contribution in [3.63, 3.8) is 0 Å². The van der Waals surface area contributed by atoms with E-state index in [2.05, 4.69) is 10.6 Å². The number of carbonyl (C=O) groups is 3. The highest BCUT2D eigenvalue weighted by atomic mass is 16.7. The number of ether oxygens (including phenoxy) is 2. The van der Waals surface area contributed by atoms with Crippen molar-refractivity contribution < 1.29 is 23.9 Å². The Bertz CT molecular complexity index is 992. The van der Waals surface area contributed by atoms with E-state index in [4.69, 9.17) is 9.47 Å². The molecule has 0 fully saturated rings. The number of nitrogens with one attached hydrogen (secondary N) is 2. The van der Waals surface area contributed by atoms with Crippen LogP contribution in [0.25, 0.3) is 0 Å². The number of likely N-dealkylation sites (N-methyl/N-ethyl adjacent to an activating group) is 1. The lowest BCUT2D eigenvalue weighted by Crippen LogP contribution is -2.41. The normalized spacial score (nSPS) is 11.9. The number of fused-ring (bicyclic) bond motifs is 1. The van der Waals surface area contributed by atoms with E-state index in [9.17, 15) is 14.4 Å². The van der Waals surface area contributed by atoms with Gasteiger partial charge in [-0.15, -0.1) is 0 Å². The summed E-state index contributed by atoms with van der Waals surface area (Å²) in [5, 5.41) is 5.61. The molecule has 0 atom stereocenters. The zero-order valence-corrected chi connectivity index (χ0v) is 18.5. The molecular weight excluding hydrogens is 412 g/mol. The van der Waals surface area contributed by atoms with Crippen LogP contribution >= 0.6 is 0 Å². The summed E-state index contributed by atoms with van der Waals surface area (Å²) in [7, 11) is 3.36. The van der Waals surface area contributed by atoms with Crippen LogP contribution in [-0.2, 0) is 9.59 Å². The number of para-hydroxylation sites is 1. The van der Waals surface area contributed by atoms with E-state index in [1.807, 2.05) is 6.92 Å². The number of benzene rings is 2. The lowest BCUT2D eigenvalue weighted by atomic mass is 10.1. The molecular formula is C23H28N4O5. The molecule has 0 unspecified atom stereocenters. The van der Waals surface area contributed by atoms with Gasteiger partial charge in [-0.3, -0.25) is 19.3 Å². The Labute approximate surface area is 187 Å². The second-order valence-electron chi connectivity index (χ2n) is 7.61. The maximum atomic E-state index is 12.9. The van der Waals surface area contributed by atoms with Gasteiger partial charge in [0, 0.05) is 25.8 Å². The highest BCUT2D eigenvalue weighted by Gasteiger charge is 2.19. The quantitative estimate of drug-likeness (QED) is 0.621. The topological polar surface area (TPSA) is 100 Å². The molecule has 170 valence electrons. The van der Waals surface area contributed by atoms with Crippen molar-refractivity contribution in [2.24, 2.45) is 0 Å². The second-order valence-corrected chi connectivity index (χ2v) is 7.61. The number of carbonyl (C=O) groups excluding carboxylic acids is 3. The molecule has 0 saturated heterocycles. The van der Waals surface area contributed by atoms with E-state index in [0.717, 1.165) is 6.42 Å². The summed E-state index contributed by atoms with van der Waals surface area (Å²) in [6.45, 7) is 2.95. The summed E-state index contributed by atoms with van der Waals surface area (Å²) in [6.07, 6.45) is 0.808. The van der Waals surface area contributed by atoms with E-state index in [1.54, 1.807) is 61.5 Å². The van der Waals surface area contributed by atoms with E-state index >= 15 is 0 Å². The predicted octanol–water partition coefficient (Wildman–Crippen LogP) is 2.41. The third-order valence-electron chi connectivity index (χ3n) is 4.84. The molecule has 2 aromatic rings. The van der Waals surface area contributed by atoms with Crippen molar-refractivity contribution in [1.29, 1.82) is 0 Å². The first kappa shape index (κ1) is 23.1. The van der Waals surface area contributed by atoms with Crippen LogP contribution in [0.3, 0.4) is 0 Å². The Morgan fingerprint density at radius 2 is 1.72 bits per heavy atom. The molecule has 3 rings (SSSR count). The van der Waals surface area contributed by atoms with Gasteiger partial charge >= 0.3 is 0 Å². The largest absolute Gasteiger partial charge is 0.454 e. The van der Waals surface area contributed by atoms with Gasteiger partial charge in [0.15, 0.2) is 11.5 Å². The molecule has 1 heterocycles. The van der Waals surface area contributed by atoms with Crippen molar-refractivity contribution in [2.75, 3.05) is 51.2 Å². The predicted molar refractivity (Wildman–Crippen MR) is 121 cm³/mol. The number of amides is 3. The van der Waals surface area contributed by atoms with Gasteiger partial charge in [0.25, 0.3) is 5.91 Å². The summed E-state index contributed by atoms with van der Waals surface area (Å²) < 4.78 is 10.6. The molecule has 0 saturated carbocycles. The Balaban J connectivity index is 1.66. The van der Waals surface area contributed by atoms with Crippen LogP contribution < -0.4 is 20.1 Å². The fourth-order valence-corrected chi connectivity index (χ4v) is 3.22. The molecule has 2 aromatic carbocycles. The molecule has 2 N–H and O–H groups in total. The van der Waals surface area contributed by atoms with Crippen molar-refractivity contribution in [3.8, 4) is 11.5 Å². The summed E-state index contributed by atoms with van der Waals surface area (Å²) in [6, 6.07) is 11.9. The monoisotopic (exact) mass is 440 g/mol. The molecule has 0 aromatic heterocycles. The average Bonchev–Trinajstić information content (AvgIpc) is 3.22. The van der Waals surface area contributed by atoms with Crippen LogP contribution in [0.1, 0.15) is 23.7 Å². The van der Waals surface area contributed by atoms with Crippen LogP contribution in [0, 0.1) is 0 Å². The molecule has 1 aliphatic heterocycles.